The molecule has 0 radical (unpaired) electrons. The Morgan fingerprint density at radius 3 is 2.82 bits per heavy atom. The molecule has 1 aliphatic rings. The van der Waals surface area contributed by atoms with Gasteiger partial charge in [0.15, 0.2) is 0 Å². The predicted molar refractivity (Wildman–Crippen MR) is 70.6 cm³/mol. The Morgan fingerprint density at radius 2 is 2.24 bits per heavy atom. The lowest BCUT2D eigenvalue weighted by molar-refractivity contribution is -0.141. The molecule has 2 heteroatoms. The Morgan fingerprint density at radius 1 is 1.47 bits per heavy atom. The average Bonchev–Trinajstić information content (AvgIpc) is 2.57. The summed E-state index contributed by atoms with van der Waals surface area (Å²) in [5, 5.41) is 0. The Balaban J connectivity index is 2.22. The van der Waals surface area contributed by atoms with Crippen LogP contribution in [0.1, 0.15) is 40.0 Å². The number of allylic oxidation sites excluding steroid dienone is 4. The van der Waals surface area contributed by atoms with Crippen molar-refractivity contribution in [2.75, 3.05) is 6.61 Å². The number of carbonyl (C=O) groups is 1. The van der Waals surface area contributed by atoms with Gasteiger partial charge in [-0.2, -0.15) is 0 Å². The van der Waals surface area contributed by atoms with Crippen molar-refractivity contribution in [2.24, 2.45) is 5.41 Å². The fraction of sp³-hybridized carbons (Fsp3) is 0.533. The second kappa shape index (κ2) is 6.43. The molecule has 94 valence electrons. The third kappa shape index (κ3) is 5.53. The van der Waals surface area contributed by atoms with Crippen LogP contribution in [0.4, 0.5) is 0 Å². The first-order valence-corrected chi connectivity index (χ1v) is 6.15. The van der Waals surface area contributed by atoms with E-state index in [1.54, 1.807) is 0 Å². The molecule has 0 aromatic heterocycles. The van der Waals surface area contributed by atoms with Crippen LogP contribution in [-0.2, 0) is 9.53 Å². The molecule has 0 fully saturated rings. The van der Waals surface area contributed by atoms with E-state index in [4.69, 9.17) is 4.74 Å². The van der Waals surface area contributed by atoms with E-state index in [9.17, 15) is 4.79 Å². The van der Waals surface area contributed by atoms with Crippen molar-refractivity contribution in [3.05, 3.63) is 36.0 Å². The number of carbonyl (C=O) groups excluding carboxylic acids is 1. The van der Waals surface area contributed by atoms with Gasteiger partial charge < -0.3 is 4.74 Å². The summed E-state index contributed by atoms with van der Waals surface area (Å²) in [7, 11) is 0. The van der Waals surface area contributed by atoms with Crippen molar-refractivity contribution in [3.8, 4) is 0 Å². The lowest BCUT2D eigenvalue weighted by Crippen LogP contribution is -2.08. The highest BCUT2D eigenvalue weighted by molar-refractivity contribution is 5.72. The van der Waals surface area contributed by atoms with Gasteiger partial charge in [0.05, 0.1) is 6.42 Å². The first kappa shape index (κ1) is 13.8. The SMILES string of the molecule is C/C=C/C=C\COC(=O)CC1=CCC(C)(C)C1. The highest BCUT2D eigenvalue weighted by Crippen LogP contribution is 2.37. The Labute approximate surface area is 104 Å². The molecule has 1 rings (SSSR count). The third-order valence-electron chi connectivity index (χ3n) is 2.80. The monoisotopic (exact) mass is 234 g/mol. The summed E-state index contributed by atoms with van der Waals surface area (Å²) in [4.78, 5) is 11.5. The summed E-state index contributed by atoms with van der Waals surface area (Å²) in [5.74, 6) is -0.126. The first-order valence-electron chi connectivity index (χ1n) is 6.15. The summed E-state index contributed by atoms with van der Waals surface area (Å²) in [6.45, 7) is 6.76. The Kier molecular flexibility index (Phi) is 5.20. The summed E-state index contributed by atoms with van der Waals surface area (Å²) in [6.07, 6.45) is 12.3. The number of ether oxygens (including phenoxy) is 1. The topological polar surface area (TPSA) is 26.3 Å². The molecule has 0 saturated carbocycles. The lowest BCUT2D eigenvalue weighted by atomic mass is 9.89. The maximum atomic E-state index is 11.5. The number of esters is 1. The van der Waals surface area contributed by atoms with Gasteiger partial charge >= 0.3 is 5.97 Å². The zero-order chi connectivity index (χ0) is 12.7. The van der Waals surface area contributed by atoms with Crippen molar-refractivity contribution in [1.82, 2.24) is 0 Å². The van der Waals surface area contributed by atoms with Gasteiger partial charge in [-0.3, -0.25) is 4.79 Å². The van der Waals surface area contributed by atoms with Crippen LogP contribution in [-0.4, -0.2) is 12.6 Å². The second-order valence-electron chi connectivity index (χ2n) is 5.22. The molecule has 0 N–H and O–H groups in total. The van der Waals surface area contributed by atoms with Crippen molar-refractivity contribution in [3.63, 3.8) is 0 Å². The average molecular weight is 234 g/mol. The van der Waals surface area contributed by atoms with Gasteiger partial charge in [0, 0.05) is 0 Å². The minimum atomic E-state index is -0.126. The minimum absolute atomic E-state index is 0.126. The van der Waals surface area contributed by atoms with Gasteiger partial charge in [-0.25, -0.2) is 0 Å². The largest absolute Gasteiger partial charge is 0.461 e. The molecule has 0 aromatic carbocycles. The van der Waals surface area contributed by atoms with Crippen LogP contribution < -0.4 is 0 Å². The zero-order valence-electron chi connectivity index (χ0n) is 11.0. The lowest BCUT2D eigenvalue weighted by Gasteiger charge is -2.16. The maximum absolute atomic E-state index is 11.5. The van der Waals surface area contributed by atoms with Gasteiger partial charge in [-0.15, -0.1) is 0 Å². The Bertz CT molecular complexity index is 346. The predicted octanol–water partition coefficient (Wildman–Crippen LogP) is 3.80. The zero-order valence-corrected chi connectivity index (χ0v) is 11.0. The molecule has 0 spiro atoms. The number of hydrogen-bond donors (Lipinski definition) is 0. The molecule has 0 atom stereocenters. The quantitative estimate of drug-likeness (QED) is 0.411. The molecule has 0 amide bonds. The molecule has 2 nitrogen and oxygen atoms in total. The van der Waals surface area contributed by atoms with E-state index in [1.165, 1.54) is 5.57 Å². The van der Waals surface area contributed by atoms with Crippen molar-refractivity contribution >= 4 is 5.97 Å². The van der Waals surface area contributed by atoms with E-state index in [1.807, 2.05) is 31.2 Å². The van der Waals surface area contributed by atoms with Crippen LogP contribution in [0.3, 0.4) is 0 Å². The fourth-order valence-electron chi connectivity index (χ4n) is 1.94. The molecule has 0 aliphatic heterocycles. The summed E-state index contributed by atoms with van der Waals surface area (Å²) in [6, 6.07) is 0. The highest BCUT2D eigenvalue weighted by Gasteiger charge is 2.25. The normalized spacial score (nSPS) is 18.9. The van der Waals surface area contributed by atoms with Gasteiger partial charge in [0.2, 0.25) is 0 Å². The molecular weight excluding hydrogens is 212 g/mol. The van der Waals surface area contributed by atoms with Gasteiger partial charge in [-0.1, -0.05) is 43.7 Å². The van der Waals surface area contributed by atoms with Crippen LogP contribution in [0.25, 0.3) is 0 Å². The van der Waals surface area contributed by atoms with E-state index >= 15 is 0 Å². The third-order valence-corrected chi connectivity index (χ3v) is 2.80. The minimum Gasteiger partial charge on any atom is -0.461 e. The smallest absolute Gasteiger partial charge is 0.310 e. The highest BCUT2D eigenvalue weighted by atomic mass is 16.5. The Hall–Kier alpha value is -1.31. The van der Waals surface area contributed by atoms with Crippen LogP contribution >= 0.6 is 0 Å². The van der Waals surface area contributed by atoms with Crippen LogP contribution in [0, 0.1) is 5.41 Å². The standard InChI is InChI=1S/C15H22O2/c1-4-5-6-7-10-17-14(16)11-13-8-9-15(2,3)12-13/h4-8H,9-12H2,1-3H3/b5-4+,7-6-. The number of rotatable bonds is 5. The van der Waals surface area contributed by atoms with Crippen LogP contribution in [0.15, 0.2) is 36.0 Å². The molecule has 1 aliphatic carbocycles. The summed E-state index contributed by atoms with van der Waals surface area (Å²) in [5.41, 5.74) is 1.54. The first-order chi connectivity index (χ1) is 8.03. The molecule has 0 bridgehead atoms. The van der Waals surface area contributed by atoms with E-state index < -0.39 is 0 Å². The van der Waals surface area contributed by atoms with Gasteiger partial charge in [0.1, 0.15) is 6.61 Å². The summed E-state index contributed by atoms with van der Waals surface area (Å²) < 4.78 is 5.12. The van der Waals surface area contributed by atoms with Crippen molar-refractivity contribution < 1.29 is 9.53 Å². The maximum Gasteiger partial charge on any atom is 0.310 e. The van der Waals surface area contributed by atoms with Crippen molar-refractivity contribution in [2.45, 2.75) is 40.0 Å². The fourth-order valence-corrected chi connectivity index (χ4v) is 1.94. The molecule has 0 heterocycles. The van der Waals surface area contributed by atoms with Gasteiger partial charge in [-0.05, 0) is 31.3 Å². The molecule has 0 aromatic rings. The molecule has 0 unspecified atom stereocenters. The molecule has 0 saturated heterocycles. The summed E-state index contributed by atoms with van der Waals surface area (Å²) >= 11 is 0. The van der Waals surface area contributed by atoms with Gasteiger partial charge in [0.25, 0.3) is 0 Å². The second-order valence-corrected chi connectivity index (χ2v) is 5.22. The molecular formula is C15H22O2. The van der Waals surface area contributed by atoms with E-state index in [0.717, 1.165) is 12.8 Å². The number of hydrogen-bond acceptors (Lipinski definition) is 2. The van der Waals surface area contributed by atoms with Crippen LogP contribution in [0.2, 0.25) is 0 Å². The molecule has 17 heavy (non-hydrogen) atoms. The van der Waals surface area contributed by atoms with E-state index in [-0.39, 0.29) is 5.97 Å². The van der Waals surface area contributed by atoms with Crippen LogP contribution in [0.5, 0.6) is 0 Å². The van der Waals surface area contributed by atoms with E-state index in [0.29, 0.717) is 18.4 Å². The van der Waals surface area contributed by atoms with Crippen molar-refractivity contribution in [1.29, 1.82) is 0 Å². The van der Waals surface area contributed by atoms with E-state index in [2.05, 4.69) is 19.9 Å².